The van der Waals surface area contributed by atoms with Crippen molar-refractivity contribution in [1.82, 2.24) is 0 Å². The molecule has 1 atom stereocenters. The standard InChI is InChI=1S/C16H22O/c1-3-4-5-13-6-7-15(12-13)14-8-10-16(17-2)11-9-14/h8-13H,3-7H2,1-2H3. The van der Waals surface area contributed by atoms with Gasteiger partial charge in [-0.25, -0.2) is 0 Å². The SMILES string of the molecule is CCCCC1C=C(c2ccc(OC)cc2)CC1. The van der Waals surface area contributed by atoms with Crippen LogP contribution in [-0.4, -0.2) is 7.11 Å². The molecule has 2 rings (SSSR count). The molecular weight excluding hydrogens is 208 g/mol. The van der Waals surface area contributed by atoms with Crippen LogP contribution in [-0.2, 0) is 0 Å². The summed E-state index contributed by atoms with van der Waals surface area (Å²) in [6.45, 7) is 2.27. The van der Waals surface area contributed by atoms with Crippen molar-refractivity contribution in [2.45, 2.75) is 39.0 Å². The minimum Gasteiger partial charge on any atom is -0.497 e. The Morgan fingerprint density at radius 3 is 2.65 bits per heavy atom. The molecule has 0 radical (unpaired) electrons. The highest BCUT2D eigenvalue weighted by Gasteiger charge is 2.16. The van der Waals surface area contributed by atoms with E-state index in [0.717, 1.165) is 11.7 Å². The topological polar surface area (TPSA) is 9.23 Å². The molecule has 1 aliphatic rings. The van der Waals surface area contributed by atoms with Crippen LogP contribution in [0, 0.1) is 5.92 Å². The smallest absolute Gasteiger partial charge is 0.118 e. The van der Waals surface area contributed by atoms with Crippen LogP contribution >= 0.6 is 0 Å². The fraction of sp³-hybridized carbons (Fsp3) is 0.500. The van der Waals surface area contributed by atoms with Crippen molar-refractivity contribution in [2.24, 2.45) is 5.92 Å². The van der Waals surface area contributed by atoms with Crippen LogP contribution in [0.3, 0.4) is 0 Å². The molecule has 0 saturated carbocycles. The van der Waals surface area contributed by atoms with Crippen molar-refractivity contribution in [2.75, 3.05) is 7.11 Å². The quantitative estimate of drug-likeness (QED) is 0.713. The molecule has 0 spiro atoms. The summed E-state index contributed by atoms with van der Waals surface area (Å²) in [7, 11) is 1.71. The first-order valence-corrected chi connectivity index (χ1v) is 6.68. The van der Waals surface area contributed by atoms with Crippen molar-refractivity contribution >= 4 is 5.57 Å². The summed E-state index contributed by atoms with van der Waals surface area (Å²) in [4.78, 5) is 0. The number of ether oxygens (including phenoxy) is 1. The highest BCUT2D eigenvalue weighted by atomic mass is 16.5. The lowest BCUT2D eigenvalue weighted by atomic mass is 10.0. The molecule has 0 amide bonds. The van der Waals surface area contributed by atoms with Gasteiger partial charge in [-0.3, -0.25) is 0 Å². The molecule has 0 heterocycles. The van der Waals surface area contributed by atoms with E-state index in [1.165, 1.54) is 43.2 Å². The minimum absolute atomic E-state index is 0.812. The Hall–Kier alpha value is -1.24. The second kappa shape index (κ2) is 5.90. The van der Waals surface area contributed by atoms with Crippen LogP contribution in [0.4, 0.5) is 0 Å². The summed E-state index contributed by atoms with van der Waals surface area (Å²) in [5.74, 6) is 1.75. The zero-order valence-corrected chi connectivity index (χ0v) is 10.9. The zero-order chi connectivity index (χ0) is 12.1. The lowest BCUT2D eigenvalue weighted by Crippen LogP contribution is -1.89. The van der Waals surface area contributed by atoms with Gasteiger partial charge < -0.3 is 4.74 Å². The first kappa shape index (κ1) is 12.2. The van der Waals surface area contributed by atoms with Crippen molar-refractivity contribution in [1.29, 1.82) is 0 Å². The molecule has 1 aromatic carbocycles. The summed E-state index contributed by atoms with van der Waals surface area (Å²) >= 11 is 0. The van der Waals surface area contributed by atoms with Gasteiger partial charge in [-0.15, -0.1) is 0 Å². The lowest BCUT2D eigenvalue weighted by Gasteiger charge is -2.04. The average molecular weight is 230 g/mol. The molecule has 0 fully saturated rings. The van der Waals surface area contributed by atoms with Gasteiger partial charge in [0.15, 0.2) is 0 Å². The van der Waals surface area contributed by atoms with Gasteiger partial charge in [-0.2, -0.15) is 0 Å². The Morgan fingerprint density at radius 1 is 1.24 bits per heavy atom. The van der Waals surface area contributed by atoms with Crippen LogP contribution in [0.5, 0.6) is 5.75 Å². The Kier molecular flexibility index (Phi) is 4.24. The third-order valence-corrected chi connectivity index (χ3v) is 3.61. The van der Waals surface area contributed by atoms with E-state index < -0.39 is 0 Å². The highest BCUT2D eigenvalue weighted by molar-refractivity contribution is 5.68. The van der Waals surface area contributed by atoms with Gasteiger partial charge in [0.2, 0.25) is 0 Å². The fourth-order valence-electron chi connectivity index (χ4n) is 2.53. The van der Waals surface area contributed by atoms with Crippen molar-refractivity contribution in [3.05, 3.63) is 35.9 Å². The third-order valence-electron chi connectivity index (χ3n) is 3.61. The number of methoxy groups -OCH3 is 1. The monoisotopic (exact) mass is 230 g/mol. The summed E-state index contributed by atoms with van der Waals surface area (Å²) in [5, 5.41) is 0. The number of rotatable bonds is 5. The Labute approximate surface area is 104 Å². The van der Waals surface area contributed by atoms with Gasteiger partial charge in [-0.1, -0.05) is 38.0 Å². The third kappa shape index (κ3) is 3.12. The van der Waals surface area contributed by atoms with Crippen molar-refractivity contribution in [3.63, 3.8) is 0 Å². The van der Waals surface area contributed by atoms with E-state index in [0.29, 0.717) is 0 Å². The van der Waals surface area contributed by atoms with E-state index in [9.17, 15) is 0 Å². The van der Waals surface area contributed by atoms with Gasteiger partial charge in [0, 0.05) is 0 Å². The van der Waals surface area contributed by atoms with Crippen LogP contribution < -0.4 is 4.74 Å². The first-order chi connectivity index (χ1) is 8.33. The number of benzene rings is 1. The van der Waals surface area contributed by atoms with Crippen molar-refractivity contribution in [3.8, 4) is 5.75 Å². The minimum atomic E-state index is 0.812. The second-order valence-electron chi connectivity index (χ2n) is 4.86. The summed E-state index contributed by atoms with van der Waals surface area (Å²) in [5.41, 5.74) is 2.89. The van der Waals surface area contributed by atoms with E-state index in [-0.39, 0.29) is 0 Å². The summed E-state index contributed by atoms with van der Waals surface area (Å²) in [6.07, 6.45) is 9.08. The molecule has 1 aromatic rings. The molecule has 0 aromatic heterocycles. The Bertz CT molecular complexity index is 375. The van der Waals surface area contributed by atoms with Crippen LogP contribution in [0.15, 0.2) is 30.3 Å². The molecule has 1 unspecified atom stereocenters. The van der Waals surface area contributed by atoms with Crippen LogP contribution in [0.2, 0.25) is 0 Å². The number of hydrogen-bond acceptors (Lipinski definition) is 1. The van der Waals surface area contributed by atoms with Crippen LogP contribution in [0.25, 0.3) is 5.57 Å². The molecular formula is C16H22O. The number of unbranched alkanes of at least 4 members (excludes halogenated alkanes) is 1. The van der Waals surface area contributed by atoms with Crippen LogP contribution in [0.1, 0.15) is 44.6 Å². The molecule has 1 nitrogen and oxygen atoms in total. The highest BCUT2D eigenvalue weighted by Crippen LogP contribution is 2.34. The molecule has 1 heteroatoms. The van der Waals surface area contributed by atoms with E-state index in [1.54, 1.807) is 7.11 Å². The predicted octanol–water partition coefficient (Wildman–Crippen LogP) is 4.68. The number of allylic oxidation sites excluding steroid dienone is 2. The maximum atomic E-state index is 5.19. The molecule has 0 bridgehead atoms. The van der Waals surface area contributed by atoms with E-state index in [1.807, 2.05) is 0 Å². The lowest BCUT2D eigenvalue weighted by molar-refractivity contribution is 0.415. The van der Waals surface area contributed by atoms with E-state index in [2.05, 4.69) is 37.3 Å². The van der Waals surface area contributed by atoms with E-state index in [4.69, 9.17) is 4.74 Å². The predicted molar refractivity (Wildman–Crippen MR) is 73.2 cm³/mol. The van der Waals surface area contributed by atoms with Gasteiger partial charge >= 0.3 is 0 Å². The maximum absolute atomic E-state index is 5.19. The molecule has 92 valence electrons. The molecule has 1 aliphatic carbocycles. The second-order valence-corrected chi connectivity index (χ2v) is 4.86. The molecule has 0 aliphatic heterocycles. The normalized spacial score (nSPS) is 19.2. The van der Waals surface area contributed by atoms with Gasteiger partial charge in [-0.05, 0) is 48.4 Å². The fourth-order valence-corrected chi connectivity index (χ4v) is 2.53. The Balaban J connectivity index is 2.02. The molecule has 17 heavy (non-hydrogen) atoms. The molecule has 0 N–H and O–H groups in total. The number of hydrogen-bond donors (Lipinski definition) is 0. The van der Waals surface area contributed by atoms with Gasteiger partial charge in [0.1, 0.15) is 5.75 Å². The van der Waals surface area contributed by atoms with Gasteiger partial charge in [0.25, 0.3) is 0 Å². The first-order valence-electron chi connectivity index (χ1n) is 6.68. The van der Waals surface area contributed by atoms with E-state index >= 15 is 0 Å². The summed E-state index contributed by atoms with van der Waals surface area (Å²) in [6, 6.07) is 8.45. The summed E-state index contributed by atoms with van der Waals surface area (Å²) < 4.78 is 5.19. The Morgan fingerprint density at radius 2 is 2.00 bits per heavy atom. The largest absolute Gasteiger partial charge is 0.497 e. The average Bonchev–Trinajstić information content (AvgIpc) is 2.85. The van der Waals surface area contributed by atoms with Gasteiger partial charge in [0.05, 0.1) is 7.11 Å². The van der Waals surface area contributed by atoms with Crippen molar-refractivity contribution < 1.29 is 4.74 Å². The maximum Gasteiger partial charge on any atom is 0.118 e. The zero-order valence-electron chi connectivity index (χ0n) is 10.9. The molecule has 0 saturated heterocycles.